The van der Waals surface area contributed by atoms with Crippen LogP contribution in [0.1, 0.15) is 86.1 Å². The molecule has 5 aliphatic rings. The van der Waals surface area contributed by atoms with Gasteiger partial charge in [-0.15, -0.1) is 0 Å². The first kappa shape index (κ1) is 31.1. The van der Waals surface area contributed by atoms with E-state index in [1.54, 1.807) is 32.4 Å². The standard InChI is InChI=1S/C35H46O9/c1-9-18(2)31(39)44-30-28-29-32(5,17-41-28)26(42-19(3)36)15-27(43-20(4)37)35(29,8)24-14-25(38)33(6)22(21-12-13-40-16-21)10-11-23(33)34(24,30)7/h9,11-13,16,22,24-30,38H,10,14-15,17H2,1-8H3. The molecule has 44 heavy (non-hydrogen) atoms. The maximum atomic E-state index is 13.6. The molecule has 12 atom stereocenters. The largest absolute Gasteiger partial charge is 0.472 e. The summed E-state index contributed by atoms with van der Waals surface area (Å²) < 4.78 is 30.8. The van der Waals surface area contributed by atoms with Crippen molar-refractivity contribution < 1.29 is 42.9 Å². The zero-order valence-corrected chi connectivity index (χ0v) is 27.0. The number of ether oxygens (including phenoxy) is 4. The van der Waals surface area contributed by atoms with Gasteiger partial charge >= 0.3 is 17.9 Å². The number of allylic oxidation sites excluding steroid dienone is 2. The predicted molar refractivity (Wildman–Crippen MR) is 159 cm³/mol. The predicted octanol–water partition coefficient (Wildman–Crippen LogP) is 5.27. The van der Waals surface area contributed by atoms with Crippen molar-refractivity contribution in [1.29, 1.82) is 0 Å². The minimum absolute atomic E-state index is 0.0260. The second-order valence-corrected chi connectivity index (χ2v) is 14.7. The summed E-state index contributed by atoms with van der Waals surface area (Å²) >= 11 is 0. The van der Waals surface area contributed by atoms with E-state index in [0.717, 1.165) is 11.1 Å². The first-order chi connectivity index (χ1) is 20.6. The Morgan fingerprint density at radius 1 is 0.977 bits per heavy atom. The molecule has 0 aromatic carbocycles. The smallest absolute Gasteiger partial charge is 0.333 e. The normalized spacial score (nSPS) is 45.8. The molecule has 9 heteroatoms. The Labute approximate surface area is 259 Å². The van der Waals surface area contributed by atoms with Crippen LogP contribution in [0.15, 0.2) is 46.3 Å². The van der Waals surface area contributed by atoms with Crippen LogP contribution in [0.5, 0.6) is 0 Å². The van der Waals surface area contributed by atoms with Gasteiger partial charge in [0.05, 0.1) is 31.3 Å². The van der Waals surface area contributed by atoms with Crippen LogP contribution in [0.25, 0.3) is 0 Å². The number of fused-ring (bicyclic) bond motifs is 4. The molecule has 1 saturated heterocycles. The topological polar surface area (TPSA) is 122 Å². The maximum Gasteiger partial charge on any atom is 0.333 e. The average Bonchev–Trinajstić information content (AvgIpc) is 3.69. The average molecular weight is 611 g/mol. The monoisotopic (exact) mass is 610 g/mol. The zero-order chi connectivity index (χ0) is 32.0. The highest BCUT2D eigenvalue weighted by Gasteiger charge is 2.79. The SMILES string of the molecule is CC=C(C)C(=O)OC1C2OCC3(C)C(OC(C)=O)CC(OC(C)=O)C(C)(C23)C2CC(O)C3(C)C(=CCC3c3ccoc3)C12C. The van der Waals surface area contributed by atoms with Crippen LogP contribution in [0.4, 0.5) is 0 Å². The van der Waals surface area contributed by atoms with Gasteiger partial charge in [-0.1, -0.05) is 45.4 Å². The molecule has 0 bridgehead atoms. The molecule has 9 nitrogen and oxygen atoms in total. The number of hydrogen-bond donors (Lipinski definition) is 1. The van der Waals surface area contributed by atoms with Crippen molar-refractivity contribution in [2.75, 3.05) is 6.61 Å². The summed E-state index contributed by atoms with van der Waals surface area (Å²) in [6.07, 6.45) is 5.60. The zero-order valence-electron chi connectivity index (χ0n) is 27.0. The summed E-state index contributed by atoms with van der Waals surface area (Å²) in [6, 6.07) is 1.96. The molecular formula is C35H46O9. The van der Waals surface area contributed by atoms with Crippen LogP contribution in [0, 0.1) is 33.5 Å². The highest BCUT2D eigenvalue weighted by molar-refractivity contribution is 5.87. The lowest BCUT2D eigenvalue weighted by Gasteiger charge is -2.70. The number of aliphatic hydroxyl groups excluding tert-OH is 1. The minimum Gasteiger partial charge on any atom is -0.472 e. The van der Waals surface area contributed by atoms with Crippen molar-refractivity contribution in [3.05, 3.63) is 47.5 Å². The Bertz CT molecular complexity index is 1410. The first-order valence-electron chi connectivity index (χ1n) is 15.9. The second-order valence-electron chi connectivity index (χ2n) is 14.7. The highest BCUT2D eigenvalue weighted by Crippen LogP contribution is 2.76. The Morgan fingerprint density at radius 3 is 2.27 bits per heavy atom. The lowest BCUT2D eigenvalue weighted by atomic mass is 9.36. The molecule has 1 aromatic rings. The lowest BCUT2D eigenvalue weighted by molar-refractivity contribution is -0.272. The minimum atomic E-state index is -0.774. The van der Waals surface area contributed by atoms with Gasteiger partial charge in [0.25, 0.3) is 0 Å². The second kappa shape index (κ2) is 10.3. The van der Waals surface area contributed by atoms with Crippen molar-refractivity contribution in [1.82, 2.24) is 0 Å². The molecular weight excluding hydrogens is 564 g/mol. The number of rotatable bonds is 5. The highest BCUT2D eigenvalue weighted by atomic mass is 16.6. The molecule has 2 heterocycles. The molecule has 0 spiro atoms. The fourth-order valence-corrected chi connectivity index (χ4v) is 10.6. The summed E-state index contributed by atoms with van der Waals surface area (Å²) in [7, 11) is 0. The van der Waals surface area contributed by atoms with E-state index in [1.165, 1.54) is 13.8 Å². The van der Waals surface area contributed by atoms with Crippen molar-refractivity contribution >= 4 is 17.9 Å². The molecule has 1 aromatic heterocycles. The number of carbonyl (C=O) groups excluding carboxylic acids is 3. The van der Waals surface area contributed by atoms with Gasteiger partial charge in [0, 0.05) is 59.3 Å². The molecule has 1 aliphatic heterocycles. The van der Waals surface area contributed by atoms with Gasteiger partial charge in [-0.05, 0) is 44.2 Å². The van der Waals surface area contributed by atoms with Crippen LogP contribution in [-0.2, 0) is 33.3 Å². The van der Waals surface area contributed by atoms with E-state index in [4.69, 9.17) is 23.4 Å². The van der Waals surface area contributed by atoms with E-state index in [9.17, 15) is 19.5 Å². The number of carbonyl (C=O) groups is 3. The van der Waals surface area contributed by atoms with Gasteiger partial charge in [0.2, 0.25) is 0 Å². The molecule has 12 unspecified atom stereocenters. The molecule has 3 saturated carbocycles. The summed E-state index contributed by atoms with van der Waals surface area (Å²) in [5.74, 6) is -1.84. The molecule has 6 rings (SSSR count). The van der Waals surface area contributed by atoms with Crippen molar-refractivity contribution in [2.24, 2.45) is 33.5 Å². The van der Waals surface area contributed by atoms with E-state index in [-0.39, 0.29) is 17.8 Å². The molecule has 4 fully saturated rings. The van der Waals surface area contributed by atoms with Crippen LogP contribution >= 0.6 is 0 Å². The van der Waals surface area contributed by atoms with E-state index in [1.807, 2.05) is 6.07 Å². The number of furan rings is 1. The van der Waals surface area contributed by atoms with Crippen molar-refractivity contribution in [3.8, 4) is 0 Å². The van der Waals surface area contributed by atoms with Crippen LogP contribution in [-0.4, -0.2) is 60.1 Å². The van der Waals surface area contributed by atoms with Gasteiger partial charge in [0.15, 0.2) is 0 Å². The lowest BCUT2D eigenvalue weighted by Crippen LogP contribution is -2.74. The summed E-state index contributed by atoms with van der Waals surface area (Å²) in [5.41, 5.74) is -0.232. The number of aliphatic hydroxyl groups is 1. The maximum absolute atomic E-state index is 13.6. The van der Waals surface area contributed by atoms with Crippen molar-refractivity contribution in [3.63, 3.8) is 0 Å². The Kier molecular flexibility index (Phi) is 7.28. The number of hydrogen-bond acceptors (Lipinski definition) is 9. The van der Waals surface area contributed by atoms with Gasteiger partial charge in [-0.3, -0.25) is 9.59 Å². The molecule has 240 valence electrons. The molecule has 4 aliphatic carbocycles. The van der Waals surface area contributed by atoms with Gasteiger partial charge in [-0.25, -0.2) is 4.79 Å². The van der Waals surface area contributed by atoms with Gasteiger partial charge < -0.3 is 28.5 Å². The third-order valence-corrected chi connectivity index (χ3v) is 12.7. The summed E-state index contributed by atoms with van der Waals surface area (Å²) in [6.45, 7) is 15.1. The Morgan fingerprint density at radius 2 is 1.66 bits per heavy atom. The summed E-state index contributed by atoms with van der Waals surface area (Å²) in [4.78, 5) is 38.6. The van der Waals surface area contributed by atoms with E-state index in [0.29, 0.717) is 31.4 Å². The van der Waals surface area contributed by atoms with Gasteiger partial charge in [0.1, 0.15) is 18.3 Å². The van der Waals surface area contributed by atoms with E-state index < -0.39 is 70.1 Å². The third kappa shape index (κ3) is 4.00. The van der Waals surface area contributed by atoms with Crippen molar-refractivity contribution in [2.45, 2.75) is 111 Å². The van der Waals surface area contributed by atoms with E-state index in [2.05, 4.69) is 33.8 Å². The molecule has 0 radical (unpaired) electrons. The fraction of sp³-hybridized carbons (Fsp3) is 0.686. The summed E-state index contributed by atoms with van der Waals surface area (Å²) in [5, 5.41) is 12.2. The third-order valence-electron chi connectivity index (χ3n) is 12.7. The van der Waals surface area contributed by atoms with Gasteiger partial charge in [-0.2, -0.15) is 0 Å². The fourth-order valence-electron chi connectivity index (χ4n) is 10.6. The quantitative estimate of drug-likeness (QED) is 0.206. The molecule has 1 N–H and O–H groups in total. The molecule has 0 amide bonds. The first-order valence-corrected chi connectivity index (χ1v) is 15.9. The number of esters is 3. The van der Waals surface area contributed by atoms with Crippen LogP contribution in [0.3, 0.4) is 0 Å². The van der Waals surface area contributed by atoms with Crippen LogP contribution in [0.2, 0.25) is 0 Å². The van der Waals surface area contributed by atoms with E-state index >= 15 is 0 Å². The van der Waals surface area contributed by atoms with Crippen LogP contribution < -0.4 is 0 Å². The Hall–Kier alpha value is -2.91. The Balaban J connectivity index is 1.56.